The fourth-order valence-corrected chi connectivity index (χ4v) is 3.51. The maximum absolute atomic E-state index is 5.53. The van der Waals surface area contributed by atoms with Gasteiger partial charge in [0.1, 0.15) is 0 Å². The van der Waals surface area contributed by atoms with Gasteiger partial charge in [-0.3, -0.25) is 0 Å². The van der Waals surface area contributed by atoms with Gasteiger partial charge in [-0.15, -0.1) is 0 Å². The van der Waals surface area contributed by atoms with E-state index in [1.54, 1.807) is 7.11 Å². The summed E-state index contributed by atoms with van der Waals surface area (Å²) in [5.74, 6) is 0.877. The van der Waals surface area contributed by atoms with Crippen molar-refractivity contribution in [1.29, 1.82) is 0 Å². The maximum Gasteiger partial charge on any atom is 0.191 e. The summed E-state index contributed by atoms with van der Waals surface area (Å²) in [7, 11) is 1.79. The Labute approximate surface area is 144 Å². The van der Waals surface area contributed by atoms with Gasteiger partial charge >= 0.3 is 0 Å². The number of benzene rings is 1. The van der Waals surface area contributed by atoms with Gasteiger partial charge in [0, 0.05) is 25.1 Å². The fourth-order valence-electron chi connectivity index (χ4n) is 3.51. The predicted octanol–water partition coefficient (Wildman–Crippen LogP) is 2.59. The third-order valence-electron chi connectivity index (χ3n) is 5.32. The van der Waals surface area contributed by atoms with Gasteiger partial charge in [0.15, 0.2) is 5.96 Å². The van der Waals surface area contributed by atoms with Crippen LogP contribution in [0, 0.1) is 5.41 Å². The van der Waals surface area contributed by atoms with Crippen LogP contribution in [-0.2, 0) is 29.2 Å². The first-order valence-corrected chi connectivity index (χ1v) is 8.80. The highest BCUT2D eigenvalue weighted by Gasteiger charge is 2.48. The van der Waals surface area contributed by atoms with Crippen molar-refractivity contribution < 1.29 is 9.47 Å². The van der Waals surface area contributed by atoms with Crippen molar-refractivity contribution in [3.05, 3.63) is 34.9 Å². The van der Waals surface area contributed by atoms with Crippen LogP contribution < -0.4 is 10.6 Å². The van der Waals surface area contributed by atoms with Gasteiger partial charge in [-0.1, -0.05) is 32.0 Å². The van der Waals surface area contributed by atoms with Crippen LogP contribution >= 0.6 is 0 Å². The average molecular weight is 331 g/mol. The largest absolute Gasteiger partial charge is 0.381 e. The van der Waals surface area contributed by atoms with Crippen molar-refractivity contribution in [2.75, 3.05) is 13.7 Å². The van der Waals surface area contributed by atoms with Gasteiger partial charge in [0.05, 0.1) is 25.9 Å². The summed E-state index contributed by atoms with van der Waals surface area (Å²) in [5, 5.41) is 6.91. The molecule has 5 nitrogen and oxygen atoms in total. The van der Waals surface area contributed by atoms with E-state index in [-0.39, 0.29) is 5.41 Å². The number of methoxy groups -OCH3 is 1. The van der Waals surface area contributed by atoms with E-state index >= 15 is 0 Å². The van der Waals surface area contributed by atoms with Gasteiger partial charge in [-0.05, 0) is 30.0 Å². The SMILES string of the molecule is CCNC(=NCc1ccc2c(c1)COC2)NC1CC(OC)C1(C)C. The first kappa shape index (κ1) is 17.2. The van der Waals surface area contributed by atoms with Crippen molar-refractivity contribution in [3.8, 4) is 0 Å². The molecule has 0 saturated heterocycles. The molecule has 0 radical (unpaired) electrons. The highest BCUT2D eigenvalue weighted by molar-refractivity contribution is 5.80. The van der Waals surface area contributed by atoms with Crippen LogP contribution in [0.1, 0.15) is 43.9 Å². The van der Waals surface area contributed by atoms with E-state index in [0.717, 1.165) is 32.1 Å². The Morgan fingerprint density at radius 1 is 1.33 bits per heavy atom. The van der Waals surface area contributed by atoms with Crippen molar-refractivity contribution in [1.82, 2.24) is 10.6 Å². The molecular formula is C19H29N3O2. The Balaban J connectivity index is 1.64. The molecule has 2 aliphatic rings. The standard InChI is InChI=1S/C19H29N3O2/c1-5-20-18(22-16-9-17(23-4)19(16,2)3)21-10-13-6-7-14-11-24-12-15(14)8-13/h6-8,16-17H,5,9-12H2,1-4H3,(H2,20,21,22). The number of fused-ring (bicyclic) bond motifs is 1. The predicted molar refractivity (Wildman–Crippen MR) is 95.9 cm³/mol. The molecule has 1 aliphatic heterocycles. The van der Waals surface area contributed by atoms with Gasteiger partial charge in [-0.2, -0.15) is 0 Å². The Bertz CT molecular complexity index is 613. The molecule has 2 N–H and O–H groups in total. The number of hydrogen-bond acceptors (Lipinski definition) is 3. The zero-order chi connectivity index (χ0) is 17.2. The van der Waals surface area contributed by atoms with Crippen molar-refractivity contribution in [2.24, 2.45) is 10.4 Å². The molecule has 0 bridgehead atoms. The van der Waals surface area contributed by atoms with Crippen molar-refractivity contribution >= 4 is 5.96 Å². The van der Waals surface area contributed by atoms with Crippen LogP contribution in [-0.4, -0.2) is 31.8 Å². The number of nitrogens with one attached hydrogen (secondary N) is 2. The Morgan fingerprint density at radius 2 is 2.12 bits per heavy atom. The number of nitrogens with zero attached hydrogens (tertiary/aromatic N) is 1. The summed E-state index contributed by atoms with van der Waals surface area (Å²) in [6, 6.07) is 6.90. The second-order valence-electron chi connectivity index (χ2n) is 7.27. The van der Waals surface area contributed by atoms with E-state index in [1.165, 1.54) is 16.7 Å². The lowest BCUT2D eigenvalue weighted by molar-refractivity contribution is -0.0922. The van der Waals surface area contributed by atoms with Crippen LogP contribution in [0.25, 0.3) is 0 Å². The summed E-state index contributed by atoms with van der Waals surface area (Å²) in [5.41, 5.74) is 3.94. The highest BCUT2D eigenvalue weighted by atomic mass is 16.5. The number of ether oxygens (including phenoxy) is 2. The molecule has 0 aromatic heterocycles. The van der Waals surface area contributed by atoms with Crippen molar-refractivity contribution in [3.63, 3.8) is 0 Å². The number of rotatable bonds is 5. The average Bonchev–Trinajstić information content (AvgIpc) is 3.03. The molecule has 0 amide bonds. The summed E-state index contributed by atoms with van der Waals surface area (Å²) >= 11 is 0. The Kier molecular flexibility index (Phi) is 5.11. The van der Waals surface area contributed by atoms with Crippen LogP contribution in [0.15, 0.2) is 23.2 Å². The highest BCUT2D eigenvalue weighted by Crippen LogP contribution is 2.42. The lowest BCUT2D eigenvalue weighted by Crippen LogP contribution is -2.63. The second kappa shape index (κ2) is 7.11. The molecular weight excluding hydrogens is 302 g/mol. The van der Waals surface area contributed by atoms with E-state index in [2.05, 4.69) is 49.6 Å². The molecule has 1 aromatic rings. The minimum atomic E-state index is 0.121. The summed E-state index contributed by atoms with van der Waals surface area (Å²) in [6.07, 6.45) is 1.33. The van der Waals surface area contributed by atoms with Crippen LogP contribution in [0.2, 0.25) is 0 Å². The molecule has 0 spiro atoms. The lowest BCUT2D eigenvalue weighted by atomic mass is 9.64. The van der Waals surface area contributed by atoms with E-state index in [9.17, 15) is 0 Å². The number of guanidine groups is 1. The van der Waals surface area contributed by atoms with E-state index < -0.39 is 0 Å². The summed E-state index contributed by atoms with van der Waals surface area (Å²) in [4.78, 5) is 4.76. The zero-order valence-electron chi connectivity index (χ0n) is 15.2. The van der Waals surface area contributed by atoms with Gasteiger partial charge in [-0.25, -0.2) is 4.99 Å². The molecule has 1 aromatic carbocycles. The zero-order valence-corrected chi connectivity index (χ0v) is 15.2. The van der Waals surface area contributed by atoms with Gasteiger partial charge in [0.2, 0.25) is 0 Å². The van der Waals surface area contributed by atoms with Crippen LogP contribution in [0.4, 0.5) is 0 Å². The van der Waals surface area contributed by atoms with Crippen LogP contribution in [0.5, 0.6) is 0 Å². The number of hydrogen-bond donors (Lipinski definition) is 2. The molecule has 1 saturated carbocycles. The third-order valence-corrected chi connectivity index (χ3v) is 5.32. The van der Waals surface area contributed by atoms with Gasteiger partial charge < -0.3 is 20.1 Å². The normalized spacial score (nSPS) is 25.1. The van der Waals surface area contributed by atoms with E-state index in [4.69, 9.17) is 14.5 Å². The topological polar surface area (TPSA) is 54.9 Å². The molecule has 2 unspecified atom stereocenters. The summed E-state index contributed by atoms with van der Waals surface area (Å²) in [6.45, 7) is 9.56. The fraction of sp³-hybridized carbons (Fsp3) is 0.632. The smallest absolute Gasteiger partial charge is 0.191 e. The molecule has 132 valence electrons. The van der Waals surface area contributed by atoms with E-state index in [0.29, 0.717) is 18.7 Å². The molecule has 1 aliphatic carbocycles. The Hall–Kier alpha value is -1.59. The Morgan fingerprint density at radius 3 is 2.83 bits per heavy atom. The quantitative estimate of drug-likeness (QED) is 0.643. The minimum absolute atomic E-state index is 0.121. The van der Waals surface area contributed by atoms with Crippen LogP contribution in [0.3, 0.4) is 0 Å². The second-order valence-corrected chi connectivity index (χ2v) is 7.27. The van der Waals surface area contributed by atoms with Crippen molar-refractivity contribution in [2.45, 2.75) is 59.1 Å². The molecule has 5 heteroatoms. The first-order valence-electron chi connectivity index (χ1n) is 8.80. The molecule has 3 rings (SSSR count). The van der Waals surface area contributed by atoms with E-state index in [1.807, 2.05) is 0 Å². The molecule has 24 heavy (non-hydrogen) atoms. The first-order chi connectivity index (χ1) is 11.5. The summed E-state index contributed by atoms with van der Waals surface area (Å²) < 4.78 is 11.0. The third kappa shape index (κ3) is 3.42. The monoisotopic (exact) mass is 331 g/mol. The molecule has 1 fully saturated rings. The minimum Gasteiger partial charge on any atom is -0.381 e. The molecule has 2 atom stereocenters. The number of aliphatic imine (C=N–C) groups is 1. The lowest BCUT2D eigenvalue weighted by Gasteiger charge is -2.51. The molecule has 1 heterocycles. The van der Waals surface area contributed by atoms with Gasteiger partial charge in [0.25, 0.3) is 0 Å². The maximum atomic E-state index is 5.53.